The number of benzene rings is 1. The van der Waals surface area contributed by atoms with Crippen LogP contribution in [0.2, 0.25) is 0 Å². The molecule has 3 rings (SSSR count). The molecule has 1 aliphatic rings. The molecule has 4 nitrogen and oxygen atoms in total. The third-order valence-corrected chi connectivity index (χ3v) is 4.29. The number of pyridine rings is 1. The second kappa shape index (κ2) is 9.37. The maximum absolute atomic E-state index is 12.8. The van der Waals surface area contributed by atoms with E-state index in [-0.39, 0.29) is 12.1 Å². The van der Waals surface area contributed by atoms with Crippen LogP contribution >= 0.6 is 0 Å². The molecule has 2 heterocycles. The van der Waals surface area contributed by atoms with Crippen molar-refractivity contribution >= 4 is 11.8 Å². The Morgan fingerprint density at radius 3 is 2.46 bits per heavy atom. The zero-order valence-electron chi connectivity index (χ0n) is 16.5. The van der Waals surface area contributed by atoms with Gasteiger partial charge in [0.25, 0.3) is 0 Å². The number of esters is 1. The average Bonchev–Trinajstić information content (AvgIpc) is 3.09. The Kier molecular flexibility index (Phi) is 7.19. The fourth-order valence-electron chi connectivity index (χ4n) is 3.15. The molecule has 0 N–H and O–H groups in total. The van der Waals surface area contributed by atoms with Crippen LogP contribution in [0.15, 0.2) is 42.6 Å². The number of anilines is 1. The van der Waals surface area contributed by atoms with Crippen LogP contribution in [0.1, 0.15) is 51.4 Å². The van der Waals surface area contributed by atoms with E-state index in [0.717, 1.165) is 36.5 Å². The summed E-state index contributed by atoms with van der Waals surface area (Å²) in [4.78, 5) is 19.6. The standard InChI is InChI=1S/C20H24N2O2.C2H6/c1-14(2)24-20(23)18-17(16-7-5-4-6-8-16)9-11-21-19(18)22-12-10-15(3)13-22;1-2/h4-9,11,14-15H,10,12-13H2,1-3H3;1-2H3/t15-;/m1./s1. The van der Waals surface area contributed by atoms with Gasteiger partial charge in [0.1, 0.15) is 11.4 Å². The fraction of sp³-hybridized carbons (Fsp3) is 0.455. The van der Waals surface area contributed by atoms with Crippen molar-refractivity contribution in [3.63, 3.8) is 0 Å². The topological polar surface area (TPSA) is 42.4 Å². The zero-order chi connectivity index (χ0) is 19.1. The van der Waals surface area contributed by atoms with Gasteiger partial charge in [-0.1, -0.05) is 51.1 Å². The van der Waals surface area contributed by atoms with E-state index in [4.69, 9.17) is 4.74 Å². The molecule has 0 saturated carbocycles. The molecular formula is C22H30N2O2. The van der Waals surface area contributed by atoms with Crippen LogP contribution in [-0.2, 0) is 4.74 Å². The lowest BCUT2D eigenvalue weighted by Gasteiger charge is -2.22. The van der Waals surface area contributed by atoms with Crippen LogP contribution in [0, 0.1) is 5.92 Å². The van der Waals surface area contributed by atoms with Crippen LogP contribution in [-0.4, -0.2) is 30.1 Å². The van der Waals surface area contributed by atoms with Crippen molar-refractivity contribution in [1.29, 1.82) is 0 Å². The van der Waals surface area contributed by atoms with Gasteiger partial charge in [-0.3, -0.25) is 0 Å². The smallest absolute Gasteiger partial charge is 0.342 e. The Bertz CT molecular complexity index is 713. The van der Waals surface area contributed by atoms with Gasteiger partial charge in [0.05, 0.1) is 6.10 Å². The number of rotatable bonds is 4. The Morgan fingerprint density at radius 1 is 1.19 bits per heavy atom. The lowest BCUT2D eigenvalue weighted by atomic mass is 10.0. The third kappa shape index (κ3) is 4.63. The highest BCUT2D eigenvalue weighted by Gasteiger charge is 2.28. The number of hydrogen-bond acceptors (Lipinski definition) is 4. The van der Waals surface area contributed by atoms with Crippen molar-refractivity contribution in [2.24, 2.45) is 5.92 Å². The first-order chi connectivity index (χ1) is 12.6. The van der Waals surface area contributed by atoms with Crippen molar-refractivity contribution < 1.29 is 9.53 Å². The van der Waals surface area contributed by atoms with Gasteiger partial charge < -0.3 is 9.64 Å². The largest absolute Gasteiger partial charge is 0.459 e. The molecule has 4 heteroatoms. The quantitative estimate of drug-likeness (QED) is 0.709. The molecule has 1 saturated heterocycles. The molecule has 1 aliphatic heterocycles. The highest BCUT2D eigenvalue weighted by atomic mass is 16.5. The molecule has 1 aromatic heterocycles. The second-order valence-corrected chi connectivity index (χ2v) is 6.72. The van der Waals surface area contributed by atoms with E-state index in [2.05, 4.69) is 16.8 Å². The first kappa shape index (κ1) is 20.0. The summed E-state index contributed by atoms with van der Waals surface area (Å²) >= 11 is 0. The highest BCUT2D eigenvalue weighted by Crippen LogP contribution is 2.33. The second-order valence-electron chi connectivity index (χ2n) is 6.72. The maximum atomic E-state index is 12.8. The van der Waals surface area contributed by atoms with Gasteiger partial charge in [-0.05, 0) is 37.8 Å². The van der Waals surface area contributed by atoms with Crippen LogP contribution in [0.3, 0.4) is 0 Å². The monoisotopic (exact) mass is 354 g/mol. The zero-order valence-corrected chi connectivity index (χ0v) is 16.5. The van der Waals surface area contributed by atoms with E-state index in [0.29, 0.717) is 11.5 Å². The molecule has 0 radical (unpaired) electrons. The Balaban J connectivity index is 0.00000117. The van der Waals surface area contributed by atoms with Crippen LogP contribution < -0.4 is 4.90 Å². The molecule has 1 fully saturated rings. The Hall–Kier alpha value is -2.36. The molecule has 0 amide bonds. The number of carbonyl (C=O) groups excluding carboxylic acids is 1. The van der Waals surface area contributed by atoms with E-state index >= 15 is 0 Å². The van der Waals surface area contributed by atoms with Crippen LogP contribution in [0.5, 0.6) is 0 Å². The first-order valence-corrected chi connectivity index (χ1v) is 9.56. The summed E-state index contributed by atoms with van der Waals surface area (Å²) in [5.41, 5.74) is 2.46. The van der Waals surface area contributed by atoms with Crippen molar-refractivity contribution in [3.05, 3.63) is 48.2 Å². The minimum atomic E-state index is -0.300. The number of nitrogens with zero attached hydrogens (tertiary/aromatic N) is 2. The number of ether oxygens (including phenoxy) is 1. The van der Waals surface area contributed by atoms with Crippen LogP contribution in [0.25, 0.3) is 11.1 Å². The van der Waals surface area contributed by atoms with E-state index in [1.807, 2.05) is 64.1 Å². The summed E-state index contributed by atoms with van der Waals surface area (Å²) in [6.45, 7) is 11.8. The molecule has 1 aromatic carbocycles. The number of aromatic nitrogens is 1. The minimum Gasteiger partial charge on any atom is -0.459 e. The molecule has 0 spiro atoms. The Labute approximate surface area is 157 Å². The number of carbonyl (C=O) groups is 1. The third-order valence-electron chi connectivity index (χ3n) is 4.29. The predicted octanol–water partition coefficient (Wildman–Crippen LogP) is 5.19. The van der Waals surface area contributed by atoms with Gasteiger partial charge >= 0.3 is 5.97 Å². The first-order valence-electron chi connectivity index (χ1n) is 9.56. The molecule has 26 heavy (non-hydrogen) atoms. The van der Waals surface area contributed by atoms with Gasteiger partial charge in [0, 0.05) is 24.8 Å². The fourth-order valence-corrected chi connectivity index (χ4v) is 3.15. The molecular weight excluding hydrogens is 324 g/mol. The summed E-state index contributed by atoms with van der Waals surface area (Å²) in [7, 11) is 0. The van der Waals surface area contributed by atoms with Crippen molar-refractivity contribution in [2.45, 2.75) is 47.1 Å². The SMILES string of the molecule is CC.CC(C)OC(=O)c1c(-c2ccccc2)ccnc1N1CC[C@@H](C)C1. The predicted molar refractivity (Wildman–Crippen MR) is 108 cm³/mol. The van der Waals surface area contributed by atoms with Gasteiger partial charge in [0.15, 0.2) is 0 Å². The Morgan fingerprint density at radius 2 is 1.88 bits per heavy atom. The van der Waals surface area contributed by atoms with E-state index in [1.165, 1.54) is 0 Å². The van der Waals surface area contributed by atoms with Gasteiger partial charge in [-0.25, -0.2) is 9.78 Å². The summed E-state index contributed by atoms with van der Waals surface area (Å²) in [5, 5.41) is 0. The summed E-state index contributed by atoms with van der Waals surface area (Å²) < 4.78 is 5.52. The lowest BCUT2D eigenvalue weighted by Crippen LogP contribution is -2.25. The lowest BCUT2D eigenvalue weighted by molar-refractivity contribution is 0.0379. The highest BCUT2D eigenvalue weighted by molar-refractivity contribution is 6.02. The van der Waals surface area contributed by atoms with Gasteiger partial charge in [-0.2, -0.15) is 0 Å². The number of hydrogen-bond donors (Lipinski definition) is 0. The molecule has 0 aliphatic carbocycles. The van der Waals surface area contributed by atoms with Gasteiger partial charge in [0.2, 0.25) is 0 Å². The molecule has 0 bridgehead atoms. The minimum absolute atomic E-state index is 0.160. The molecule has 1 atom stereocenters. The normalized spacial score (nSPS) is 16.2. The molecule has 140 valence electrons. The molecule has 0 unspecified atom stereocenters. The van der Waals surface area contributed by atoms with Crippen molar-refractivity contribution in [1.82, 2.24) is 4.98 Å². The van der Waals surface area contributed by atoms with Crippen molar-refractivity contribution in [2.75, 3.05) is 18.0 Å². The average molecular weight is 354 g/mol. The maximum Gasteiger partial charge on any atom is 0.342 e. The van der Waals surface area contributed by atoms with Crippen LogP contribution in [0.4, 0.5) is 5.82 Å². The van der Waals surface area contributed by atoms with Crippen molar-refractivity contribution in [3.8, 4) is 11.1 Å². The summed E-state index contributed by atoms with van der Waals surface area (Å²) in [5.74, 6) is 1.05. The van der Waals surface area contributed by atoms with E-state index in [9.17, 15) is 4.79 Å². The summed E-state index contributed by atoms with van der Waals surface area (Å²) in [6, 6.07) is 11.8. The summed E-state index contributed by atoms with van der Waals surface area (Å²) in [6.07, 6.45) is 2.74. The van der Waals surface area contributed by atoms with E-state index < -0.39 is 0 Å². The molecule has 2 aromatic rings. The van der Waals surface area contributed by atoms with Gasteiger partial charge in [-0.15, -0.1) is 0 Å². The van der Waals surface area contributed by atoms with E-state index in [1.54, 1.807) is 6.20 Å².